The van der Waals surface area contributed by atoms with E-state index in [2.05, 4.69) is 5.32 Å². The van der Waals surface area contributed by atoms with Crippen molar-refractivity contribution in [3.8, 4) is 5.75 Å². The van der Waals surface area contributed by atoms with E-state index in [1.807, 2.05) is 0 Å². The van der Waals surface area contributed by atoms with Crippen LogP contribution in [0, 0.1) is 0 Å². The van der Waals surface area contributed by atoms with E-state index >= 15 is 0 Å². The Hall–Kier alpha value is -0.930. The molecule has 2 rings (SSSR count). The summed E-state index contributed by atoms with van der Waals surface area (Å²) in [4.78, 5) is 12.1. The van der Waals surface area contributed by atoms with Crippen LogP contribution in [0.2, 0.25) is 10.0 Å². The van der Waals surface area contributed by atoms with Crippen molar-refractivity contribution in [2.75, 3.05) is 0 Å². The van der Waals surface area contributed by atoms with Crippen LogP contribution < -0.4 is 10.1 Å². The number of ether oxygens (including phenoxy) is 1. The number of benzene rings is 1. The van der Waals surface area contributed by atoms with Gasteiger partial charge in [-0.3, -0.25) is 4.79 Å². The molecule has 0 unspecified atom stereocenters. The topological polar surface area (TPSA) is 38.3 Å². The zero-order valence-corrected chi connectivity index (χ0v) is 13.0. The van der Waals surface area contributed by atoms with E-state index in [9.17, 15) is 4.79 Å². The predicted molar refractivity (Wildman–Crippen MR) is 81.6 cm³/mol. The Labute approximate surface area is 129 Å². The van der Waals surface area contributed by atoms with Gasteiger partial charge in [-0.1, -0.05) is 48.5 Å². The molecule has 0 heterocycles. The Kier molecular flexibility index (Phi) is 5.55. The summed E-state index contributed by atoms with van der Waals surface area (Å²) in [5.74, 6) is 0.332. The van der Waals surface area contributed by atoms with Gasteiger partial charge in [0, 0.05) is 6.04 Å². The molecule has 1 fully saturated rings. The van der Waals surface area contributed by atoms with Gasteiger partial charge in [-0.2, -0.15) is 0 Å². The zero-order valence-electron chi connectivity index (χ0n) is 11.5. The minimum Gasteiger partial charge on any atom is -0.479 e. The Morgan fingerprint density at radius 1 is 1.30 bits per heavy atom. The van der Waals surface area contributed by atoms with E-state index < -0.39 is 6.10 Å². The van der Waals surface area contributed by atoms with E-state index in [0.29, 0.717) is 15.8 Å². The first-order valence-corrected chi connectivity index (χ1v) is 7.74. The van der Waals surface area contributed by atoms with Crippen LogP contribution >= 0.6 is 23.2 Å². The standard InChI is InChI=1S/C15H19Cl2NO2/c1-10(15(19)18-11-6-3-2-4-7-11)20-13-9-5-8-12(16)14(13)17/h5,8-11H,2-4,6-7H2,1H3,(H,18,19)/t10-/m1/s1. The highest BCUT2D eigenvalue weighted by Gasteiger charge is 2.21. The number of carbonyl (C=O) groups excluding carboxylic acids is 1. The number of halogens is 2. The molecule has 1 aliphatic carbocycles. The zero-order chi connectivity index (χ0) is 14.5. The number of hydrogen-bond acceptors (Lipinski definition) is 2. The van der Waals surface area contributed by atoms with Crippen LogP contribution in [0.3, 0.4) is 0 Å². The van der Waals surface area contributed by atoms with Crippen molar-refractivity contribution in [2.45, 2.75) is 51.2 Å². The molecule has 110 valence electrons. The summed E-state index contributed by atoms with van der Waals surface area (Å²) in [6.45, 7) is 1.72. The molecule has 1 saturated carbocycles. The quantitative estimate of drug-likeness (QED) is 0.903. The third-order valence-corrected chi connectivity index (χ3v) is 4.34. The van der Waals surface area contributed by atoms with Crippen molar-refractivity contribution in [1.82, 2.24) is 5.32 Å². The van der Waals surface area contributed by atoms with E-state index in [4.69, 9.17) is 27.9 Å². The fourth-order valence-electron chi connectivity index (χ4n) is 2.38. The minimum atomic E-state index is -0.590. The van der Waals surface area contributed by atoms with E-state index in [0.717, 1.165) is 12.8 Å². The maximum Gasteiger partial charge on any atom is 0.260 e. The minimum absolute atomic E-state index is 0.104. The summed E-state index contributed by atoms with van der Waals surface area (Å²) < 4.78 is 5.60. The van der Waals surface area contributed by atoms with E-state index in [1.54, 1.807) is 25.1 Å². The van der Waals surface area contributed by atoms with Crippen molar-refractivity contribution >= 4 is 29.1 Å². The van der Waals surface area contributed by atoms with Crippen molar-refractivity contribution in [1.29, 1.82) is 0 Å². The molecule has 0 aliphatic heterocycles. The highest BCUT2D eigenvalue weighted by Crippen LogP contribution is 2.32. The summed E-state index contributed by atoms with van der Waals surface area (Å²) in [5, 5.41) is 3.79. The average Bonchev–Trinajstić information content (AvgIpc) is 2.45. The Morgan fingerprint density at radius 2 is 2.00 bits per heavy atom. The lowest BCUT2D eigenvalue weighted by Crippen LogP contribution is -2.43. The summed E-state index contributed by atoms with van der Waals surface area (Å²) in [7, 11) is 0. The molecule has 0 spiro atoms. The van der Waals surface area contributed by atoms with Gasteiger partial charge in [0.15, 0.2) is 6.10 Å². The van der Waals surface area contributed by atoms with Crippen LogP contribution in [0.1, 0.15) is 39.0 Å². The Bertz CT molecular complexity index is 473. The number of carbonyl (C=O) groups is 1. The summed E-state index contributed by atoms with van der Waals surface area (Å²) in [6, 6.07) is 5.41. The highest BCUT2D eigenvalue weighted by molar-refractivity contribution is 6.42. The molecule has 0 aromatic heterocycles. The second-order valence-electron chi connectivity index (χ2n) is 5.16. The molecule has 0 bridgehead atoms. The van der Waals surface area contributed by atoms with Gasteiger partial charge in [0.25, 0.3) is 5.91 Å². The summed E-state index contributed by atoms with van der Waals surface area (Å²) in [5.41, 5.74) is 0. The monoisotopic (exact) mass is 315 g/mol. The lowest BCUT2D eigenvalue weighted by atomic mass is 9.95. The van der Waals surface area contributed by atoms with Gasteiger partial charge in [0.1, 0.15) is 10.8 Å². The number of rotatable bonds is 4. The van der Waals surface area contributed by atoms with Crippen molar-refractivity contribution < 1.29 is 9.53 Å². The molecular formula is C15H19Cl2NO2. The smallest absolute Gasteiger partial charge is 0.260 e. The fourth-order valence-corrected chi connectivity index (χ4v) is 2.72. The van der Waals surface area contributed by atoms with Crippen LogP contribution in [-0.2, 0) is 4.79 Å². The first-order valence-electron chi connectivity index (χ1n) is 6.99. The molecule has 1 aromatic rings. The van der Waals surface area contributed by atoms with Crippen molar-refractivity contribution in [3.05, 3.63) is 28.2 Å². The van der Waals surface area contributed by atoms with Gasteiger partial charge in [-0.15, -0.1) is 0 Å². The molecule has 3 nitrogen and oxygen atoms in total. The van der Waals surface area contributed by atoms with Gasteiger partial charge in [0.05, 0.1) is 5.02 Å². The van der Waals surface area contributed by atoms with Gasteiger partial charge in [0.2, 0.25) is 0 Å². The molecule has 1 atom stereocenters. The van der Waals surface area contributed by atoms with E-state index in [-0.39, 0.29) is 11.9 Å². The molecule has 5 heteroatoms. The molecular weight excluding hydrogens is 297 g/mol. The molecule has 0 radical (unpaired) electrons. The Balaban J connectivity index is 1.91. The Morgan fingerprint density at radius 3 is 2.70 bits per heavy atom. The third kappa shape index (κ3) is 4.03. The molecule has 1 aliphatic rings. The van der Waals surface area contributed by atoms with Crippen molar-refractivity contribution in [3.63, 3.8) is 0 Å². The summed E-state index contributed by atoms with van der Waals surface area (Å²) >= 11 is 12.0. The number of hydrogen-bond donors (Lipinski definition) is 1. The lowest BCUT2D eigenvalue weighted by Gasteiger charge is -2.24. The maximum absolute atomic E-state index is 12.1. The molecule has 1 N–H and O–H groups in total. The molecule has 1 aromatic carbocycles. The van der Waals surface area contributed by atoms with Crippen molar-refractivity contribution in [2.24, 2.45) is 0 Å². The van der Waals surface area contributed by atoms with Crippen LogP contribution in [0.25, 0.3) is 0 Å². The maximum atomic E-state index is 12.1. The second-order valence-corrected chi connectivity index (χ2v) is 5.94. The highest BCUT2D eigenvalue weighted by atomic mass is 35.5. The van der Waals surface area contributed by atoms with Gasteiger partial charge >= 0.3 is 0 Å². The van der Waals surface area contributed by atoms with Crippen LogP contribution in [0.4, 0.5) is 0 Å². The van der Waals surface area contributed by atoms with Gasteiger partial charge in [-0.05, 0) is 31.9 Å². The van der Waals surface area contributed by atoms with Gasteiger partial charge < -0.3 is 10.1 Å². The largest absolute Gasteiger partial charge is 0.479 e. The normalized spacial score (nSPS) is 17.6. The number of amides is 1. The van der Waals surface area contributed by atoms with E-state index in [1.165, 1.54) is 19.3 Å². The predicted octanol–water partition coefficient (Wildman–Crippen LogP) is 4.21. The molecule has 20 heavy (non-hydrogen) atoms. The fraction of sp³-hybridized carbons (Fsp3) is 0.533. The molecule has 1 amide bonds. The first kappa shape index (κ1) is 15.5. The van der Waals surface area contributed by atoms with Crippen LogP contribution in [-0.4, -0.2) is 18.1 Å². The second kappa shape index (κ2) is 7.19. The summed E-state index contributed by atoms with van der Waals surface area (Å²) in [6.07, 6.45) is 5.14. The van der Waals surface area contributed by atoms with Crippen LogP contribution in [0.5, 0.6) is 5.75 Å². The number of nitrogens with one attached hydrogen (secondary N) is 1. The first-order chi connectivity index (χ1) is 9.58. The van der Waals surface area contributed by atoms with Gasteiger partial charge in [-0.25, -0.2) is 0 Å². The van der Waals surface area contributed by atoms with Crippen LogP contribution in [0.15, 0.2) is 18.2 Å². The third-order valence-electron chi connectivity index (χ3n) is 3.54. The lowest BCUT2D eigenvalue weighted by molar-refractivity contribution is -0.128. The molecule has 0 saturated heterocycles. The SMILES string of the molecule is C[C@@H](Oc1cccc(Cl)c1Cl)C(=O)NC1CCCCC1. The average molecular weight is 316 g/mol.